The van der Waals surface area contributed by atoms with Crippen molar-refractivity contribution in [3.63, 3.8) is 0 Å². The van der Waals surface area contributed by atoms with Gasteiger partial charge in [-0.3, -0.25) is 0 Å². The Balaban J connectivity index is 2.10. The SMILES string of the molecule is CCOC[C@@]1(C(N)=S)[C@H](c2ccc(F)cc2)[C@@H]1S(=O)(=O)c1ccc(Cl)cc1. The predicted octanol–water partition coefficient (Wildman–Crippen LogP) is 3.73. The molecule has 0 spiro atoms. The fraction of sp³-hybridized carbons (Fsp3) is 0.316. The summed E-state index contributed by atoms with van der Waals surface area (Å²) >= 11 is 11.1. The Bertz CT molecular complexity index is 948. The van der Waals surface area contributed by atoms with Crippen LogP contribution >= 0.6 is 23.8 Å². The van der Waals surface area contributed by atoms with Gasteiger partial charge >= 0.3 is 0 Å². The van der Waals surface area contributed by atoms with E-state index in [1.807, 2.05) is 6.92 Å². The average molecular weight is 428 g/mol. The van der Waals surface area contributed by atoms with Crippen molar-refractivity contribution in [3.8, 4) is 0 Å². The van der Waals surface area contributed by atoms with Crippen LogP contribution in [0.5, 0.6) is 0 Å². The van der Waals surface area contributed by atoms with E-state index in [2.05, 4.69) is 0 Å². The summed E-state index contributed by atoms with van der Waals surface area (Å²) in [4.78, 5) is 0.214. The molecule has 3 rings (SSSR count). The quantitative estimate of drug-likeness (QED) is 0.682. The van der Waals surface area contributed by atoms with Crippen molar-refractivity contribution in [3.05, 3.63) is 64.9 Å². The highest BCUT2D eigenvalue weighted by atomic mass is 35.5. The molecule has 0 bridgehead atoms. The van der Waals surface area contributed by atoms with Gasteiger partial charge in [0.25, 0.3) is 0 Å². The first-order valence-electron chi connectivity index (χ1n) is 8.37. The fourth-order valence-electron chi connectivity index (χ4n) is 3.58. The Morgan fingerprint density at radius 3 is 2.33 bits per heavy atom. The minimum absolute atomic E-state index is 0.0767. The highest BCUT2D eigenvalue weighted by Gasteiger charge is 2.73. The Labute approximate surface area is 168 Å². The van der Waals surface area contributed by atoms with Crippen molar-refractivity contribution < 1.29 is 17.5 Å². The van der Waals surface area contributed by atoms with Gasteiger partial charge in [0, 0.05) is 17.5 Å². The largest absolute Gasteiger partial charge is 0.393 e. The van der Waals surface area contributed by atoms with Crippen LogP contribution in [0.15, 0.2) is 53.4 Å². The lowest BCUT2D eigenvalue weighted by atomic mass is 10.00. The van der Waals surface area contributed by atoms with Crippen LogP contribution in [0.3, 0.4) is 0 Å². The number of nitrogens with two attached hydrogens (primary N) is 1. The van der Waals surface area contributed by atoms with Crippen molar-refractivity contribution in [2.45, 2.75) is 23.0 Å². The van der Waals surface area contributed by atoms with Crippen LogP contribution in [-0.2, 0) is 14.6 Å². The predicted molar refractivity (Wildman–Crippen MR) is 107 cm³/mol. The molecular weight excluding hydrogens is 409 g/mol. The van der Waals surface area contributed by atoms with Crippen molar-refractivity contribution in [1.82, 2.24) is 0 Å². The van der Waals surface area contributed by atoms with E-state index in [1.54, 1.807) is 12.1 Å². The molecule has 2 aromatic rings. The van der Waals surface area contributed by atoms with Gasteiger partial charge in [0.2, 0.25) is 0 Å². The summed E-state index contributed by atoms with van der Waals surface area (Å²) in [7, 11) is -3.77. The zero-order chi connectivity index (χ0) is 19.8. The maximum atomic E-state index is 13.4. The molecule has 2 aromatic carbocycles. The molecular formula is C19H19ClFNO3S2. The summed E-state index contributed by atoms with van der Waals surface area (Å²) in [5, 5.41) is -0.449. The molecule has 2 N–H and O–H groups in total. The molecule has 1 fully saturated rings. The van der Waals surface area contributed by atoms with Crippen LogP contribution in [0.2, 0.25) is 5.02 Å². The molecule has 144 valence electrons. The highest BCUT2D eigenvalue weighted by molar-refractivity contribution is 7.92. The third-order valence-corrected chi connectivity index (χ3v) is 7.89. The lowest BCUT2D eigenvalue weighted by Crippen LogP contribution is -2.33. The molecule has 0 aliphatic heterocycles. The second kappa shape index (κ2) is 7.47. The second-order valence-electron chi connectivity index (χ2n) is 6.49. The molecule has 0 heterocycles. The summed E-state index contributed by atoms with van der Waals surface area (Å²) in [6.45, 7) is 2.29. The number of rotatable bonds is 7. The molecule has 27 heavy (non-hydrogen) atoms. The van der Waals surface area contributed by atoms with Crippen LogP contribution in [0.1, 0.15) is 18.4 Å². The first kappa shape index (κ1) is 20.2. The number of thiocarbonyl (C=S) groups is 1. The van der Waals surface area contributed by atoms with E-state index in [4.69, 9.17) is 34.3 Å². The third-order valence-electron chi connectivity index (χ3n) is 4.97. The van der Waals surface area contributed by atoms with Crippen LogP contribution in [0.25, 0.3) is 0 Å². The van der Waals surface area contributed by atoms with E-state index in [0.717, 1.165) is 0 Å². The molecule has 0 unspecified atom stereocenters. The van der Waals surface area contributed by atoms with Gasteiger partial charge in [-0.2, -0.15) is 0 Å². The molecule has 0 radical (unpaired) electrons. The lowest BCUT2D eigenvalue weighted by Gasteiger charge is -2.17. The van der Waals surface area contributed by atoms with Gasteiger partial charge in [-0.05, 0) is 48.9 Å². The summed E-state index contributed by atoms with van der Waals surface area (Å²) in [6.07, 6.45) is 0. The van der Waals surface area contributed by atoms with E-state index in [1.165, 1.54) is 36.4 Å². The van der Waals surface area contributed by atoms with Gasteiger partial charge in [-0.15, -0.1) is 0 Å². The molecule has 0 amide bonds. The van der Waals surface area contributed by atoms with Crippen molar-refractivity contribution in [2.75, 3.05) is 13.2 Å². The van der Waals surface area contributed by atoms with Gasteiger partial charge in [0.05, 0.1) is 27.2 Å². The Kier molecular flexibility index (Phi) is 5.59. The summed E-state index contributed by atoms with van der Waals surface area (Å²) < 4.78 is 45.6. The van der Waals surface area contributed by atoms with E-state index in [9.17, 15) is 12.8 Å². The second-order valence-corrected chi connectivity index (χ2v) is 9.44. The van der Waals surface area contributed by atoms with Crippen molar-refractivity contribution >= 4 is 38.6 Å². The molecule has 8 heteroatoms. The number of halogens is 2. The maximum Gasteiger partial charge on any atom is 0.182 e. The number of ether oxygens (including phenoxy) is 1. The lowest BCUT2D eigenvalue weighted by molar-refractivity contribution is 0.121. The van der Waals surface area contributed by atoms with E-state index in [-0.39, 0.29) is 16.5 Å². The number of hydrogen-bond acceptors (Lipinski definition) is 4. The van der Waals surface area contributed by atoms with Crippen LogP contribution in [0, 0.1) is 11.2 Å². The summed E-state index contributed by atoms with van der Waals surface area (Å²) in [5.41, 5.74) is 5.63. The third kappa shape index (κ3) is 3.49. The maximum absolute atomic E-state index is 13.4. The zero-order valence-electron chi connectivity index (χ0n) is 14.6. The number of hydrogen-bond donors (Lipinski definition) is 1. The molecule has 1 saturated carbocycles. The normalized spacial score (nSPS) is 24.6. The standard InChI is InChI=1S/C19H19ClFNO3S2/c1-2-25-11-19(18(22)26)16(12-3-7-14(21)8-4-12)17(19)27(23,24)15-9-5-13(20)6-10-15/h3-10,16-17H,2,11H2,1H3,(H2,22,26)/t16-,17+,19-/m1/s1. The minimum Gasteiger partial charge on any atom is -0.393 e. The molecule has 0 saturated heterocycles. The fourth-order valence-corrected chi connectivity index (χ4v) is 6.48. The van der Waals surface area contributed by atoms with E-state index in [0.29, 0.717) is 17.2 Å². The Hall–Kier alpha value is -1.54. The van der Waals surface area contributed by atoms with E-state index >= 15 is 0 Å². The molecule has 1 aliphatic carbocycles. The molecule has 0 aromatic heterocycles. The van der Waals surface area contributed by atoms with Gasteiger partial charge in [-0.1, -0.05) is 36.0 Å². The van der Waals surface area contributed by atoms with Crippen LogP contribution < -0.4 is 5.73 Å². The highest BCUT2D eigenvalue weighted by Crippen LogP contribution is 2.64. The molecule has 1 aliphatic rings. The van der Waals surface area contributed by atoms with Crippen LogP contribution in [-0.4, -0.2) is 31.9 Å². The summed E-state index contributed by atoms with van der Waals surface area (Å²) in [6, 6.07) is 11.7. The minimum atomic E-state index is -3.77. The van der Waals surface area contributed by atoms with Gasteiger partial charge < -0.3 is 10.5 Å². The first-order valence-corrected chi connectivity index (χ1v) is 10.7. The number of sulfone groups is 1. The molecule has 4 nitrogen and oxygen atoms in total. The smallest absolute Gasteiger partial charge is 0.182 e. The molecule has 3 atom stereocenters. The van der Waals surface area contributed by atoms with Gasteiger partial charge in [0.1, 0.15) is 5.82 Å². The first-order chi connectivity index (χ1) is 12.7. The van der Waals surface area contributed by atoms with Gasteiger partial charge in [0.15, 0.2) is 9.84 Å². The van der Waals surface area contributed by atoms with Crippen molar-refractivity contribution in [1.29, 1.82) is 0 Å². The zero-order valence-corrected chi connectivity index (χ0v) is 17.0. The van der Waals surface area contributed by atoms with Crippen molar-refractivity contribution in [2.24, 2.45) is 11.1 Å². The van der Waals surface area contributed by atoms with Crippen LogP contribution in [0.4, 0.5) is 4.39 Å². The monoisotopic (exact) mass is 427 g/mol. The van der Waals surface area contributed by atoms with E-state index < -0.39 is 32.2 Å². The average Bonchev–Trinajstić information content (AvgIpc) is 3.32. The Morgan fingerprint density at radius 2 is 1.81 bits per heavy atom. The Morgan fingerprint density at radius 1 is 1.22 bits per heavy atom. The summed E-state index contributed by atoms with van der Waals surface area (Å²) in [5.74, 6) is -0.912. The number of benzene rings is 2. The van der Waals surface area contributed by atoms with Gasteiger partial charge in [-0.25, -0.2) is 12.8 Å². The topological polar surface area (TPSA) is 69.4 Å².